The molecule has 5 heteroatoms. The minimum atomic E-state index is -0.445. The van der Waals surface area contributed by atoms with Gasteiger partial charge in [0.15, 0.2) is 0 Å². The van der Waals surface area contributed by atoms with E-state index >= 15 is 0 Å². The van der Waals surface area contributed by atoms with Gasteiger partial charge in [0, 0.05) is 11.1 Å². The lowest BCUT2D eigenvalue weighted by atomic mass is 10.1. The number of hydrogen-bond donors (Lipinski definition) is 1. The molecule has 4 nitrogen and oxygen atoms in total. The van der Waals surface area contributed by atoms with Crippen LogP contribution in [0, 0.1) is 6.92 Å². The zero-order chi connectivity index (χ0) is 12.4. The van der Waals surface area contributed by atoms with Crippen LogP contribution in [0.3, 0.4) is 0 Å². The highest BCUT2D eigenvalue weighted by Crippen LogP contribution is 2.31. The summed E-state index contributed by atoms with van der Waals surface area (Å²) in [7, 11) is 1.33. The molecule has 0 saturated heterocycles. The van der Waals surface area contributed by atoms with E-state index < -0.39 is 5.97 Å². The lowest BCUT2D eigenvalue weighted by Gasteiger charge is -2.06. The second kappa shape index (κ2) is 4.55. The lowest BCUT2D eigenvalue weighted by Crippen LogP contribution is -2.07. The fourth-order valence-electron chi connectivity index (χ4n) is 1.52. The van der Waals surface area contributed by atoms with Crippen LogP contribution in [0.1, 0.15) is 15.2 Å². The zero-order valence-corrected chi connectivity index (χ0v) is 10.4. The van der Waals surface area contributed by atoms with E-state index in [1.807, 2.05) is 19.1 Å². The maximum atomic E-state index is 11.5. The maximum absolute atomic E-state index is 11.5. The van der Waals surface area contributed by atoms with Crippen LogP contribution in [0.2, 0.25) is 0 Å². The molecule has 0 saturated carbocycles. The highest BCUT2D eigenvalue weighted by atomic mass is 32.1. The number of pyridine rings is 1. The van der Waals surface area contributed by atoms with Crippen molar-refractivity contribution >= 4 is 23.0 Å². The van der Waals surface area contributed by atoms with Crippen LogP contribution in [-0.4, -0.2) is 18.1 Å². The first kappa shape index (κ1) is 11.6. The van der Waals surface area contributed by atoms with Crippen molar-refractivity contribution in [3.05, 3.63) is 34.8 Å². The number of nitrogens with two attached hydrogens (primary N) is 1. The average molecular weight is 248 g/mol. The number of rotatable bonds is 2. The third kappa shape index (κ3) is 2.14. The SMILES string of the molecule is COC(=O)c1ccnc(-c2ccc(C)s2)c1N. The van der Waals surface area contributed by atoms with Gasteiger partial charge in [-0.15, -0.1) is 11.3 Å². The van der Waals surface area contributed by atoms with Crippen molar-refractivity contribution in [3.8, 4) is 10.6 Å². The molecule has 2 aromatic rings. The Morgan fingerprint density at radius 1 is 1.41 bits per heavy atom. The summed E-state index contributed by atoms with van der Waals surface area (Å²) < 4.78 is 4.67. The van der Waals surface area contributed by atoms with E-state index in [9.17, 15) is 4.79 Å². The highest BCUT2D eigenvalue weighted by molar-refractivity contribution is 7.15. The summed E-state index contributed by atoms with van der Waals surface area (Å²) in [6.07, 6.45) is 1.56. The molecule has 0 aliphatic carbocycles. The number of thiophene rings is 1. The van der Waals surface area contributed by atoms with Crippen LogP contribution >= 0.6 is 11.3 Å². The molecule has 2 heterocycles. The van der Waals surface area contributed by atoms with E-state index in [-0.39, 0.29) is 0 Å². The predicted octanol–water partition coefficient (Wildman–Crippen LogP) is 2.49. The molecule has 0 spiro atoms. The Hall–Kier alpha value is -1.88. The van der Waals surface area contributed by atoms with E-state index in [0.29, 0.717) is 16.9 Å². The standard InChI is InChI=1S/C12H12N2O2S/c1-7-3-4-9(17-7)11-10(13)8(5-6-14-11)12(15)16-2/h3-6H,13H2,1-2H3. The topological polar surface area (TPSA) is 65.2 Å². The summed E-state index contributed by atoms with van der Waals surface area (Å²) in [6.45, 7) is 2.01. The van der Waals surface area contributed by atoms with Crippen LogP contribution < -0.4 is 5.73 Å². The van der Waals surface area contributed by atoms with Crippen molar-refractivity contribution in [2.45, 2.75) is 6.92 Å². The summed E-state index contributed by atoms with van der Waals surface area (Å²) in [5.74, 6) is -0.445. The molecule has 0 atom stereocenters. The number of ether oxygens (including phenoxy) is 1. The molecular weight excluding hydrogens is 236 g/mol. The van der Waals surface area contributed by atoms with E-state index in [1.165, 1.54) is 12.0 Å². The van der Waals surface area contributed by atoms with Gasteiger partial charge in [0.25, 0.3) is 0 Å². The summed E-state index contributed by atoms with van der Waals surface area (Å²) >= 11 is 1.59. The number of carbonyl (C=O) groups excluding carboxylic acids is 1. The van der Waals surface area contributed by atoms with Gasteiger partial charge in [-0.2, -0.15) is 0 Å². The molecule has 0 aliphatic rings. The van der Waals surface area contributed by atoms with E-state index in [0.717, 1.165) is 4.88 Å². The minimum Gasteiger partial charge on any atom is -0.465 e. The van der Waals surface area contributed by atoms with Gasteiger partial charge in [-0.05, 0) is 25.1 Å². The first-order valence-electron chi connectivity index (χ1n) is 5.03. The first-order chi connectivity index (χ1) is 8.13. The molecule has 0 amide bonds. The van der Waals surface area contributed by atoms with Gasteiger partial charge in [-0.3, -0.25) is 4.98 Å². The Morgan fingerprint density at radius 2 is 2.18 bits per heavy atom. The summed E-state index contributed by atoms with van der Waals surface area (Å²) in [6, 6.07) is 5.50. The van der Waals surface area contributed by atoms with Crippen molar-refractivity contribution in [2.24, 2.45) is 0 Å². The van der Waals surface area contributed by atoms with Gasteiger partial charge < -0.3 is 10.5 Å². The normalized spacial score (nSPS) is 10.2. The number of hydrogen-bond acceptors (Lipinski definition) is 5. The molecule has 0 aromatic carbocycles. The molecule has 2 N–H and O–H groups in total. The second-order valence-corrected chi connectivity index (χ2v) is 4.81. The van der Waals surface area contributed by atoms with Crippen molar-refractivity contribution in [1.82, 2.24) is 4.98 Å². The van der Waals surface area contributed by atoms with Crippen molar-refractivity contribution in [2.75, 3.05) is 12.8 Å². The molecule has 0 aliphatic heterocycles. The fourth-order valence-corrected chi connectivity index (χ4v) is 2.40. The smallest absolute Gasteiger partial charge is 0.340 e. The number of esters is 1. The molecule has 0 unspecified atom stereocenters. The van der Waals surface area contributed by atoms with Gasteiger partial charge in [0.1, 0.15) is 5.69 Å². The monoisotopic (exact) mass is 248 g/mol. The number of nitrogen functional groups attached to an aromatic ring is 1. The second-order valence-electron chi connectivity index (χ2n) is 3.52. The number of carbonyl (C=O) groups is 1. The number of aryl methyl sites for hydroxylation is 1. The van der Waals surface area contributed by atoms with Crippen LogP contribution in [-0.2, 0) is 4.74 Å². The lowest BCUT2D eigenvalue weighted by molar-refractivity contribution is 0.0602. The van der Waals surface area contributed by atoms with E-state index in [1.54, 1.807) is 23.6 Å². The molecule has 0 fully saturated rings. The fraction of sp³-hybridized carbons (Fsp3) is 0.167. The van der Waals surface area contributed by atoms with Crippen molar-refractivity contribution in [3.63, 3.8) is 0 Å². The Kier molecular flexibility index (Phi) is 3.10. The van der Waals surface area contributed by atoms with Gasteiger partial charge >= 0.3 is 5.97 Å². The molecule has 0 radical (unpaired) electrons. The molecule has 2 aromatic heterocycles. The Bertz CT molecular complexity index is 563. The van der Waals surface area contributed by atoms with Crippen LogP contribution in [0.25, 0.3) is 10.6 Å². The van der Waals surface area contributed by atoms with Crippen LogP contribution in [0.5, 0.6) is 0 Å². The Morgan fingerprint density at radius 3 is 2.76 bits per heavy atom. The molecule has 17 heavy (non-hydrogen) atoms. The Labute approximate surface area is 103 Å². The number of nitrogens with zero attached hydrogens (tertiary/aromatic N) is 1. The number of aromatic nitrogens is 1. The van der Waals surface area contributed by atoms with Crippen LogP contribution in [0.4, 0.5) is 5.69 Å². The minimum absolute atomic E-state index is 0.351. The van der Waals surface area contributed by atoms with Gasteiger partial charge in [-0.25, -0.2) is 4.79 Å². The highest BCUT2D eigenvalue weighted by Gasteiger charge is 2.15. The quantitative estimate of drug-likeness (QED) is 0.829. The Balaban J connectivity index is 2.53. The van der Waals surface area contributed by atoms with Gasteiger partial charge in [-0.1, -0.05) is 0 Å². The van der Waals surface area contributed by atoms with Crippen molar-refractivity contribution in [1.29, 1.82) is 0 Å². The molecule has 2 rings (SSSR count). The third-order valence-corrected chi connectivity index (χ3v) is 3.38. The summed E-state index contributed by atoms with van der Waals surface area (Å²) in [4.78, 5) is 17.8. The molecular formula is C12H12N2O2S. The first-order valence-corrected chi connectivity index (χ1v) is 5.84. The summed E-state index contributed by atoms with van der Waals surface area (Å²) in [5.41, 5.74) is 7.29. The zero-order valence-electron chi connectivity index (χ0n) is 9.56. The van der Waals surface area contributed by atoms with E-state index in [2.05, 4.69) is 9.72 Å². The third-order valence-electron chi connectivity index (χ3n) is 2.37. The number of methoxy groups -OCH3 is 1. The largest absolute Gasteiger partial charge is 0.465 e. The molecule has 0 bridgehead atoms. The molecule has 88 valence electrons. The number of anilines is 1. The van der Waals surface area contributed by atoms with Crippen LogP contribution in [0.15, 0.2) is 24.4 Å². The van der Waals surface area contributed by atoms with E-state index in [4.69, 9.17) is 5.73 Å². The van der Waals surface area contributed by atoms with Gasteiger partial charge in [0.05, 0.1) is 23.2 Å². The van der Waals surface area contributed by atoms with Crippen molar-refractivity contribution < 1.29 is 9.53 Å². The predicted molar refractivity (Wildman–Crippen MR) is 68.0 cm³/mol. The maximum Gasteiger partial charge on any atom is 0.340 e. The van der Waals surface area contributed by atoms with Gasteiger partial charge in [0.2, 0.25) is 0 Å². The summed E-state index contributed by atoms with van der Waals surface area (Å²) in [5, 5.41) is 0. The average Bonchev–Trinajstić information content (AvgIpc) is 2.75.